The fraction of sp³-hybridized carbons (Fsp3) is 0.348. The van der Waals surface area contributed by atoms with Gasteiger partial charge in [0.1, 0.15) is 5.75 Å². The van der Waals surface area contributed by atoms with Crippen LogP contribution in [-0.2, 0) is 11.2 Å². The number of benzene rings is 2. The van der Waals surface area contributed by atoms with Gasteiger partial charge in [-0.2, -0.15) is 0 Å². The van der Waals surface area contributed by atoms with Crippen LogP contribution in [0, 0.1) is 0 Å². The van der Waals surface area contributed by atoms with Gasteiger partial charge >= 0.3 is 0 Å². The Bertz CT molecular complexity index is 1000. The third-order valence-electron chi connectivity index (χ3n) is 4.56. The number of carbonyl (C=O) groups excluding carboxylic acids is 1. The molecule has 0 spiro atoms. The van der Waals surface area contributed by atoms with Crippen molar-refractivity contribution in [3.05, 3.63) is 48.0 Å². The smallest absolute Gasteiger partial charge is 0.266 e. The van der Waals surface area contributed by atoms with E-state index in [1.54, 1.807) is 25.1 Å². The van der Waals surface area contributed by atoms with Gasteiger partial charge in [0.15, 0.2) is 23.3 Å². The molecule has 3 aromatic rings. The lowest BCUT2D eigenvalue weighted by atomic mass is 10.1. The Hall–Kier alpha value is -3.55. The molecule has 1 N–H and O–H groups in total. The molecule has 0 saturated heterocycles. The monoisotopic (exact) mass is 425 g/mol. The second kappa shape index (κ2) is 10.5. The van der Waals surface area contributed by atoms with Crippen LogP contribution >= 0.6 is 0 Å². The zero-order valence-corrected chi connectivity index (χ0v) is 18.2. The van der Waals surface area contributed by atoms with Crippen LogP contribution in [0.1, 0.15) is 33.3 Å². The fourth-order valence-electron chi connectivity index (χ4n) is 2.94. The molecule has 3 rings (SSSR count). The van der Waals surface area contributed by atoms with Crippen molar-refractivity contribution in [2.75, 3.05) is 18.5 Å². The number of hydrogen-bond donors (Lipinski definition) is 1. The number of anilines is 1. The third-order valence-corrected chi connectivity index (χ3v) is 4.56. The molecular weight excluding hydrogens is 398 g/mol. The Morgan fingerprint density at radius 3 is 2.39 bits per heavy atom. The highest BCUT2D eigenvalue weighted by molar-refractivity contribution is 5.96. The lowest BCUT2D eigenvalue weighted by molar-refractivity contribution is -0.122. The van der Waals surface area contributed by atoms with Crippen LogP contribution in [0.15, 0.2) is 47.1 Å². The van der Waals surface area contributed by atoms with Crippen molar-refractivity contribution >= 4 is 11.7 Å². The van der Waals surface area contributed by atoms with Gasteiger partial charge in [-0.15, -0.1) is 0 Å². The van der Waals surface area contributed by atoms with Crippen LogP contribution in [-0.4, -0.2) is 35.5 Å². The van der Waals surface area contributed by atoms with Crippen LogP contribution in [0.5, 0.6) is 17.2 Å². The van der Waals surface area contributed by atoms with Crippen molar-refractivity contribution in [3.8, 4) is 28.5 Å². The van der Waals surface area contributed by atoms with Crippen LogP contribution in [0.3, 0.4) is 0 Å². The summed E-state index contributed by atoms with van der Waals surface area (Å²) in [6.07, 6.45) is 0.200. The summed E-state index contributed by atoms with van der Waals surface area (Å²) >= 11 is 0. The molecule has 0 bridgehead atoms. The maximum absolute atomic E-state index is 12.6. The van der Waals surface area contributed by atoms with E-state index >= 15 is 0 Å². The molecule has 1 atom stereocenters. The van der Waals surface area contributed by atoms with Crippen molar-refractivity contribution in [1.82, 2.24) is 10.3 Å². The first kappa shape index (κ1) is 22.1. The first-order chi connectivity index (χ1) is 15.0. The van der Waals surface area contributed by atoms with Gasteiger partial charge in [-0.05, 0) is 73.4 Å². The summed E-state index contributed by atoms with van der Waals surface area (Å²) in [6.45, 7) is 8.55. The molecule has 0 aliphatic carbocycles. The molecule has 0 saturated carbocycles. The van der Waals surface area contributed by atoms with E-state index in [4.69, 9.17) is 18.8 Å². The normalized spacial score (nSPS) is 11.6. The molecule has 31 heavy (non-hydrogen) atoms. The summed E-state index contributed by atoms with van der Waals surface area (Å²) in [5.41, 5.74) is 2.26. The molecule has 0 aliphatic rings. The lowest BCUT2D eigenvalue weighted by Crippen LogP contribution is -2.30. The SMILES string of the molecule is CCOc1ccc(-c2nonc2NC(=O)[C@H](C)Oc2ccc(CC)cc2)cc1OCC. The number of nitrogens with zero attached hydrogens (tertiary/aromatic N) is 2. The highest BCUT2D eigenvalue weighted by atomic mass is 16.6. The second-order valence-electron chi connectivity index (χ2n) is 6.74. The molecule has 1 heterocycles. The summed E-state index contributed by atoms with van der Waals surface area (Å²) < 4.78 is 21.9. The first-order valence-corrected chi connectivity index (χ1v) is 10.3. The largest absolute Gasteiger partial charge is 0.490 e. The molecule has 0 fully saturated rings. The average Bonchev–Trinajstić information content (AvgIpc) is 3.24. The van der Waals surface area contributed by atoms with Gasteiger partial charge in [-0.1, -0.05) is 19.1 Å². The maximum atomic E-state index is 12.6. The second-order valence-corrected chi connectivity index (χ2v) is 6.74. The topological polar surface area (TPSA) is 95.7 Å². The minimum Gasteiger partial charge on any atom is -0.490 e. The number of ether oxygens (including phenoxy) is 3. The van der Waals surface area contributed by atoms with Gasteiger partial charge in [0.05, 0.1) is 13.2 Å². The van der Waals surface area contributed by atoms with Crippen molar-refractivity contribution < 1.29 is 23.6 Å². The average molecular weight is 425 g/mol. The summed E-state index contributed by atoms with van der Waals surface area (Å²) in [7, 11) is 0. The first-order valence-electron chi connectivity index (χ1n) is 10.3. The van der Waals surface area contributed by atoms with Gasteiger partial charge in [0.2, 0.25) is 5.82 Å². The van der Waals surface area contributed by atoms with E-state index in [1.807, 2.05) is 38.1 Å². The Kier molecular flexibility index (Phi) is 7.48. The van der Waals surface area contributed by atoms with Gasteiger partial charge in [0, 0.05) is 5.56 Å². The van der Waals surface area contributed by atoms with Crippen LogP contribution < -0.4 is 19.5 Å². The van der Waals surface area contributed by atoms with E-state index in [0.717, 1.165) is 6.42 Å². The highest BCUT2D eigenvalue weighted by Gasteiger charge is 2.21. The van der Waals surface area contributed by atoms with Crippen molar-refractivity contribution in [2.24, 2.45) is 0 Å². The van der Waals surface area contributed by atoms with Gasteiger partial charge < -0.3 is 19.5 Å². The number of carbonyl (C=O) groups is 1. The number of rotatable bonds is 10. The van der Waals surface area contributed by atoms with E-state index < -0.39 is 6.10 Å². The maximum Gasteiger partial charge on any atom is 0.266 e. The van der Waals surface area contributed by atoms with E-state index in [-0.39, 0.29) is 11.7 Å². The zero-order valence-electron chi connectivity index (χ0n) is 18.2. The predicted molar refractivity (Wildman–Crippen MR) is 117 cm³/mol. The minimum atomic E-state index is -0.739. The standard InChI is InChI=1S/C23H27N3O5/c1-5-16-8-11-18(12-9-16)30-15(4)23(27)24-22-21(25-31-26-22)17-10-13-19(28-6-2)20(14-17)29-7-3/h8-15H,5-7H2,1-4H3,(H,24,26,27)/t15-/m0/s1. The molecule has 2 aromatic carbocycles. The van der Waals surface area contributed by atoms with E-state index in [2.05, 4.69) is 22.6 Å². The molecule has 1 amide bonds. The van der Waals surface area contributed by atoms with Crippen molar-refractivity contribution in [2.45, 2.75) is 40.2 Å². The molecule has 164 valence electrons. The Labute approximate surface area is 181 Å². The molecule has 0 radical (unpaired) electrons. The van der Waals surface area contributed by atoms with Crippen LogP contribution in [0.2, 0.25) is 0 Å². The lowest BCUT2D eigenvalue weighted by Gasteiger charge is -2.14. The van der Waals surface area contributed by atoms with Gasteiger partial charge in [-0.3, -0.25) is 4.79 Å². The number of amides is 1. The van der Waals surface area contributed by atoms with Crippen molar-refractivity contribution in [1.29, 1.82) is 0 Å². The quantitative estimate of drug-likeness (QED) is 0.511. The predicted octanol–water partition coefficient (Wildman–Crippen LogP) is 4.50. The molecule has 8 heteroatoms. The summed E-state index contributed by atoms with van der Waals surface area (Å²) in [5.74, 6) is 1.66. The van der Waals surface area contributed by atoms with Gasteiger partial charge in [0.25, 0.3) is 5.91 Å². The van der Waals surface area contributed by atoms with Crippen molar-refractivity contribution in [3.63, 3.8) is 0 Å². The summed E-state index contributed by atoms with van der Waals surface area (Å²) in [5, 5.41) is 10.5. The highest BCUT2D eigenvalue weighted by Crippen LogP contribution is 2.34. The van der Waals surface area contributed by atoms with Gasteiger partial charge in [-0.25, -0.2) is 4.63 Å². The third kappa shape index (κ3) is 5.53. The number of aryl methyl sites for hydroxylation is 1. The van der Waals surface area contributed by atoms with E-state index in [0.29, 0.717) is 41.7 Å². The zero-order chi connectivity index (χ0) is 22.2. The molecule has 8 nitrogen and oxygen atoms in total. The summed E-state index contributed by atoms with van der Waals surface area (Å²) in [4.78, 5) is 12.6. The van der Waals surface area contributed by atoms with E-state index in [9.17, 15) is 4.79 Å². The molecule has 0 unspecified atom stereocenters. The minimum absolute atomic E-state index is 0.202. The van der Waals surface area contributed by atoms with Crippen LogP contribution in [0.25, 0.3) is 11.3 Å². The Morgan fingerprint density at radius 2 is 1.71 bits per heavy atom. The number of nitrogens with one attached hydrogen (secondary N) is 1. The summed E-state index contributed by atoms with van der Waals surface area (Å²) in [6, 6.07) is 13.0. The van der Waals surface area contributed by atoms with Crippen LogP contribution in [0.4, 0.5) is 5.82 Å². The number of hydrogen-bond acceptors (Lipinski definition) is 7. The Morgan fingerprint density at radius 1 is 1.00 bits per heavy atom. The van der Waals surface area contributed by atoms with E-state index in [1.165, 1.54) is 5.56 Å². The molecular formula is C23H27N3O5. The molecule has 1 aromatic heterocycles. The number of aromatic nitrogens is 2. The Balaban J connectivity index is 1.73. The fourth-order valence-corrected chi connectivity index (χ4v) is 2.94. The molecule has 0 aliphatic heterocycles.